The van der Waals surface area contributed by atoms with Crippen LogP contribution in [0.1, 0.15) is 19.8 Å². The van der Waals surface area contributed by atoms with Crippen LogP contribution in [0.4, 0.5) is 8.87 Å². The highest BCUT2D eigenvalue weighted by Gasteiger charge is 2.08. The van der Waals surface area contributed by atoms with Crippen molar-refractivity contribution in [1.82, 2.24) is 5.12 Å². The molecule has 9 heavy (non-hydrogen) atoms. The van der Waals surface area contributed by atoms with Crippen molar-refractivity contribution >= 4 is 5.91 Å². The number of nitrogens with zero attached hydrogens (tertiary/aromatic N) is 1. The number of rotatable bonds is 3. The zero-order chi connectivity index (χ0) is 7.28. The summed E-state index contributed by atoms with van der Waals surface area (Å²) in [6, 6.07) is 0. The van der Waals surface area contributed by atoms with Crippen LogP contribution in [0, 0.1) is 0 Å². The van der Waals surface area contributed by atoms with Gasteiger partial charge in [0.1, 0.15) is 0 Å². The fourth-order valence-electron chi connectivity index (χ4n) is 0.402. The average molecular weight is 137 g/mol. The normalized spacial score (nSPS) is 9.22. The summed E-state index contributed by atoms with van der Waals surface area (Å²) in [4.78, 5) is 10.3. The number of hydrogen-bond donors (Lipinski definition) is 0. The number of carbonyl (C=O) groups excluding carboxylic acids is 1. The quantitative estimate of drug-likeness (QED) is 0.425. The van der Waals surface area contributed by atoms with E-state index in [0.29, 0.717) is 6.42 Å². The second-order valence-corrected chi connectivity index (χ2v) is 1.63. The Morgan fingerprint density at radius 1 is 1.67 bits per heavy atom. The molecule has 0 rings (SSSR count). The third-order valence-corrected chi connectivity index (χ3v) is 0.839. The van der Waals surface area contributed by atoms with Gasteiger partial charge in [0.25, 0.3) is 5.91 Å². The SMILES string of the molecule is CCCC(=O)N(F)CF. The van der Waals surface area contributed by atoms with Crippen LogP contribution in [0.5, 0.6) is 0 Å². The van der Waals surface area contributed by atoms with Crippen molar-refractivity contribution in [3.8, 4) is 0 Å². The van der Waals surface area contributed by atoms with E-state index >= 15 is 0 Å². The van der Waals surface area contributed by atoms with Gasteiger partial charge in [0, 0.05) is 6.42 Å². The molecule has 0 unspecified atom stereocenters. The third-order valence-electron chi connectivity index (χ3n) is 0.839. The highest BCUT2D eigenvalue weighted by Crippen LogP contribution is 1.97. The molecule has 0 bridgehead atoms. The molecule has 4 heteroatoms. The predicted octanol–water partition coefficient (Wildman–Crippen LogP) is 1.43. The molecule has 0 aliphatic carbocycles. The fraction of sp³-hybridized carbons (Fsp3) is 0.800. The van der Waals surface area contributed by atoms with E-state index in [9.17, 15) is 13.7 Å². The molecular formula is C5H9F2NO. The summed E-state index contributed by atoms with van der Waals surface area (Å²) in [5.41, 5.74) is 0. The van der Waals surface area contributed by atoms with Crippen LogP contribution >= 0.6 is 0 Å². The van der Waals surface area contributed by atoms with Gasteiger partial charge in [-0.25, -0.2) is 4.39 Å². The van der Waals surface area contributed by atoms with Crippen LogP contribution in [0.2, 0.25) is 0 Å². The van der Waals surface area contributed by atoms with Crippen LogP contribution in [-0.2, 0) is 4.79 Å². The third kappa shape index (κ3) is 3.00. The fourth-order valence-corrected chi connectivity index (χ4v) is 0.402. The molecule has 1 amide bonds. The van der Waals surface area contributed by atoms with Crippen molar-refractivity contribution in [2.45, 2.75) is 19.8 Å². The van der Waals surface area contributed by atoms with E-state index in [1.807, 2.05) is 0 Å². The molecule has 0 fully saturated rings. The molecule has 0 spiro atoms. The lowest BCUT2D eigenvalue weighted by Gasteiger charge is -2.03. The summed E-state index contributed by atoms with van der Waals surface area (Å²) >= 11 is 0. The maximum absolute atomic E-state index is 11.8. The first-order chi connectivity index (χ1) is 4.22. The van der Waals surface area contributed by atoms with Crippen LogP contribution in [0.15, 0.2) is 0 Å². The standard InChI is InChI=1S/C5H9F2NO/c1-2-3-5(9)8(7)4-6/h2-4H2,1H3. The van der Waals surface area contributed by atoms with E-state index in [2.05, 4.69) is 0 Å². The van der Waals surface area contributed by atoms with E-state index in [4.69, 9.17) is 0 Å². The summed E-state index contributed by atoms with van der Waals surface area (Å²) < 4.78 is 23.1. The van der Waals surface area contributed by atoms with E-state index in [-0.39, 0.29) is 6.42 Å². The summed E-state index contributed by atoms with van der Waals surface area (Å²) in [6.45, 7) is 0.378. The lowest BCUT2D eigenvalue weighted by Crippen LogP contribution is -2.20. The number of amides is 1. The second-order valence-electron chi connectivity index (χ2n) is 1.63. The number of hydrogen-bond acceptors (Lipinski definition) is 1. The summed E-state index contributed by atoms with van der Waals surface area (Å²) in [5, 5.41) is -0.427. The largest absolute Gasteiger partial charge is 0.272 e. The van der Waals surface area contributed by atoms with Gasteiger partial charge < -0.3 is 0 Å². The van der Waals surface area contributed by atoms with Gasteiger partial charge in [0.2, 0.25) is 0 Å². The van der Waals surface area contributed by atoms with E-state index in [1.165, 1.54) is 0 Å². The van der Waals surface area contributed by atoms with Gasteiger partial charge >= 0.3 is 0 Å². The first-order valence-corrected chi connectivity index (χ1v) is 2.74. The number of alkyl halides is 1. The topological polar surface area (TPSA) is 20.3 Å². The Labute approximate surface area is 52.4 Å². The average Bonchev–Trinajstić information content (AvgIpc) is 1.87. The zero-order valence-corrected chi connectivity index (χ0v) is 5.23. The molecule has 0 aromatic carbocycles. The first-order valence-electron chi connectivity index (χ1n) is 2.74. The molecule has 54 valence electrons. The minimum atomic E-state index is -1.35. The second kappa shape index (κ2) is 4.23. The Kier molecular flexibility index (Phi) is 3.92. The molecule has 0 atom stereocenters. The minimum Gasteiger partial charge on any atom is -0.272 e. The van der Waals surface area contributed by atoms with Gasteiger partial charge in [-0.05, 0) is 6.42 Å². The van der Waals surface area contributed by atoms with Crippen LogP contribution in [0.25, 0.3) is 0 Å². The van der Waals surface area contributed by atoms with Crippen molar-refractivity contribution in [2.24, 2.45) is 0 Å². The Bertz CT molecular complexity index is 97.0. The van der Waals surface area contributed by atoms with Crippen molar-refractivity contribution in [1.29, 1.82) is 0 Å². The van der Waals surface area contributed by atoms with Crippen molar-refractivity contribution in [2.75, 3.05) is 6.80 Å². The van der Waals surface area contributed by atoms with E-state index in [0.717, 1.165) is 0 Å². The molecule has 0 aliphatic rings. The Morgan fingerprint density at radius 2 is 2.22 bits per heavy atom. The van der Waals surface area contributed by atoms with Gasteiger partial charge in [-0.15, -0.1) is 5.12 Å². The van der Waals surface area contributed by atoms with Gasteiger partial charge in [-0.2, -0.15) is 0 Å². The molecular weight excluding hydrogens is 128 g/mol. The molecule has 0 N–H and O–H groups in total. The number of carbonyl (C=O) groups is 1. The van der Waals surface area contributed by atoms with Crippen LogP contribution in [-0.4, -0.2) is 17.8 Å². The predicted molar refractivity (Wildman–Crippen MR) is 28.8 cm³/mol. The highest BCUT2D eigenvalue weighted by molar-refractivity contribution is 5.74. The summed E-state index contributed by atoms with van der Waals surface area (Å²) in [6.07, 6.45) is 0.611. The molecule has 0 radical (unpaired) electrons. The lowest BCUT2D eigenvalue weighted by molar-refractivity contribution is -0.150. The Hall–Kier alpha value is -0.670. The number of halogens is 2. The minimum absolute atomic E-state index is 0.0699. The van der Waals surface area contributed by atoms with Gasteiger partial charge in [0.05, 0.1) is 0 Å². The maximum Gasteiger partial charge on any atom is 0.252 e. The monoisotopic (exact) mass is 137 g/mol. The van der Waals surface area contributed by atoms with Gasteiger partial charge in [-0.3, -0.25) is 4.79 Å². The molecule has 0 aromatic rings. The molecule has 0 saturated carbocycles. The van der Waals surface area contributed by atoms with Crippen molar-refractivity contribution in [3.05, 3.63) is 0 Å². The lowest BCUT2D eigenvalue weighted by atomic mass is 10.3. The van der Waals surface area contributed by atoms with Crippen molar-refractivity contribution in [3.63, 3.8) is 0 Å². The van der Waals surface area contributed by atoms with Gasteiger partial charge in [0.15, 0.2) is 6.80 Å². The van der Waals surface area contributed by atoms with Crippen LogP contribution < -0.4 is 0 Å². The smallest absolute Gasteiger partial charge is 0.252 e. The zero-order valence-electron chi connectivity index (χ0n) is 5.23. The van der Waals surface area contributed by atoms with E-state index in [1.54, 1.807) is 6.92 Å². The molecule has 0 saturated heterocycles. The first kappa shape index (κ1) is 8.33. The van der Waals surface area contributed by atoms with Crippen molar-refractivity contribution < 1.29 is 13.7 Å². The highest BCUT2D eigenvalue weighted by atomic mass is 19.2. The maximum atomic E-state index is 11.8. The summed E-state index contributed by atoms with van der Waals surface area (Å²) in [5.74, 6) is -0.792. The summed E-state index contributed by atoms with van der Waals surface area (Å²) in [7, 11) is 0. The molecule has 0 aromatic heterocycles. The molecule has 0 aliphatic heterocycles. The Morgan fingerprint density at radius 3 is 2.56 bits per heavy atom. The van der Waals surface area contributed by atoms with Gasteiger partial charge in [-0.1, -0.05) is 11.4 Å². The van der Waals surface area contributed by atoms with Crippen LogP contribution in [0.3, 0.4) is 0 Å². The molecule has 2 nitrogen and oxygen atoms in total. The Balaban J connectivity index is 3.46. The molecule has 0 heterocycles. The van der Waals surface area contributed by atoms with E-state index < -0.39 is 17.8 Å².